The molecule has 1 unspecified atom stereocenters. The summed E-state index contributed by atoms with van der Waals surface area (Å²) in [5.74, 6) is 5.85. The number of hydrogen-bond acceptors (Lipinski definition) is 2. The molecule has 1 heterocycles. The fraction of sp³-hybridized carbons (Fsp3) is 0.556. The molecule has 1 aliphatic rings. The monoisotopic (exact) mass is 151 g/mol. The number of nitrogens with zero attached hydrogens (tertiary/aromatic N) is 1. The minimum absolute atomic E-state index is 0.508. The second-order valence-electron chi connectivity index (χ2n) is 2.95. The van der Waals surface area contributed by atoms with Gasteiger partial charge in [0.05, 0.1) is 6.42 Å². The van der Waals surface area contributed by atoms with Crippen LogP contribution < -0.4 is 0 Å². The average molecular weight is 151 g/mol. The Labute approximate surface area is 67.5 Å². The Balaban J connectivity index is 2.77. The molecular formula is C9H13NO. The molecule has 2 nitrogen and oxygen atoms in total. The van der Waals surface area contributed by atoms with Crippen LogP contribution >= 0.6 is 0 Å². The van der Waals surface area contributed by atoms with Gasteiger partial charge in [0.25, 0.3) is 0 Å². The zero-order valence-corrected chi connectivity index (χ0v) is 6.96. The molecule has 60 valence electrons. The van der Waals surface area contributed by atoms with Crippen molar-refractivity contribution < 1.29 is 5.11 Å². The van der Waals surface area contributed by atoms with Gasteiger partial charge < -0.3 is 10.0 Å². The van der Waals surface area contributed by atoms with Gasteiger partial charge in [0, 0.05) is 13.5 Å². The fourth-order valence-corrected chi connectivity index (χ4v) is 0.857. The van der Waals surface area contributed by atoms with Crippen LogP contribution in [0.4, 0.5) is 0 Å². The molecular weight excluding hydrogens is 138 g/mol. The van der Waals surface area contributed by atoms with Crippen molar-refractivity contribution in [2.24, 2.45) is 0 Å². The van der Waals surface area contributed by atoms with E-state index in [2.05, 4.69) is 11.8 Å². The summed E-state index contributed by atoms with van der Waals surface area (Å²) in [4.78, 5) is 1.78. The molecule has 1 aliphatic heterocycles. The molecule has 1 atom stereocenters. The van der Waals surface area contributed by atoms with Crippen LogP contribution in [0.3, 0.4) is 0 Å². The summed E-state index contributed by atoms with van der Waals surface area (Å²) in [5.41, 5.74) is -0.816. The molecule has 11 heavy (non-hydrogen) atoms. The van der Waals surface area contributed by atoms with Crippen LogP contribution in [0.2, 0.25) is 0 Å². The molecule has 0 aliphatic carbocycles. The molecule has 0 saturated carbocycles. The Bertz CT molecular complexity index is 219. The smallest absolute Gasteiger partial charge is 0.145 e. The second-order valence-corrected chi connectivity index (χ2v) is 2.95. The lowest BCUT2D eigenvalue weighted by Crippen LogP contribution is -2.40. The largest absolute Gasteiger partial charge is 0.370 e. The quantitative estimate of drug-likeness (QED) is 0.521. The van der Waals surface area contributed by atoms with Gasteiger partial charge in [0.2, 0.25) is 0 Å². The summed E-state index contributed by atoms with van der Waals surface area (Å²) >= 11 is 0. The fourth-order valence-electron chi connectivity index (χ4n) is 0.857. The van der Waals surface area contributed by atoms with Crippen LogP contribution in [0.25, 0.3) is 0 Å². The van der Waals surface area contributed by atoms with E-state index < -0.39 is 5.72 Å². The van der Waals surface area contributed by atoms with Gasteiger partial charge in [-0.05, 0) is 13.1 Å². The third kappa shape index (κ3) is 1.99. The molecule has 0 spiro atoms. The minimum Gasteiger partial charge on any atom is -0.370 e. The Kier molecular flexibility index (Phi) is 2.21. The lowest BCUT2D eigenvalue weighted by molar-refractivity contribution is -0.0486. The van der Waals surface area contributed by atoms with Crippen LogP contribution in [0, 0.1) is 11.8 Å². The first-order chi connectivity index (χ1) is 5.13. The average Bonchev–Trinajstić information content (AvgIpc) is 1.93. The molecule has 0 aromatic rings. The summed E-state index contributed by atoms with van der Waals surface area (Å²) in [6.45, 7) is 1.76. The topological polar surface area (TPSA) is 23.5 Å². The van der Waals surface area contributed by atoms with E-state index in [1.807, 2.05) is 19.3 Å². The van der Waals surface area contributed by atoms with Gasteiger partial charge in [0.15, 0.2) is 0 Å². The van der Waals surface area contributed by atoms with Gasteiger partial charge >= 0.3 is 0 Å². The van der Waals surface area contributed by atoms with Crippen LogP contribution in [0.1, 0.15) is 19.8 Å². The van der Waals surface area contributed by atoms with Gasteiger partial charge in [-0.1, -0.05) is 17.9 Å². The zero-order chi connectivity index (χ0) is 8.32. The molecule has 1 N–H and O–H groups in total. The number of rotatable bonds is 0. The minimum atomic E-state index is -0.816. The first-order valence-electron chi connectivity index (χ1n) is 3.70. The van der Waals surface area contributed by atoms with Crippen molar-refractivity contribution in [3.05, 3.63) is 12.3 Å². The first-order valence-corrected chi connectivity index (χ1v) is 3.70. The van der Waals surface area contributed by atoms with Crippen LogP contribution in [-0.2, 0) is 0 Å². The third-order valence-electron chi connectivity index (χ3n) is 1.86. The molecule has 0 aromatic carbocycles. The van der Waals surface area contributed by atoms with E-state index in [0.29, 0.717) is 6.42 Å². The maximum Gasteiger partial charge on any atom is 0.145 e. The van der Waals surface area contributed by atoms with E-state index in [9.17, 15) is 5.11 Å². The van der Waals surface area contributed by atoms with E-state index in [0.717, 1.165) is 6.42 Å². The Morgan fingerprint density at radius 2 is 2.27 bits per heavy atom. The second kappa shape index (κ2) is 2.98. The van der Waals surface area contributed by atoms with Crippen molar-refractivity contribution in [1.29, 1.82) is 0 Å². The molecule has 0 amide bonds. The summed E-state index contributed by atoms with van der Waals surface area (Å²) < 4.78 is 0. The summed E-state index contributed by atoms with van der Waals surface area (Å²) in [6.07, 6.45) is 5.10. The molecule has 0 saturated heterocycles. The molecule has 0 bridgehead atoms. The highest BCUT2D eigenvalue weighted by atomic mass is 16.3. The highest BCUT2D eigenvalue weighted by molar-refractivity contribution is 5.10. The SMILES string of the molecule is CN1C=CCC#CCC1(C)O. The van der Waals surface area contributed by atoms with Gasteiger partial charge in [-0.25, -0.2) is 0 Å². The predicted octanol–water partition coefficient (Wildman–Crippen LogP) is 0.938. The van der Waals surface area contributed by atoms with Crippen LogP contribution in [0.5, 0.6) is 0 Å². The molecule has 0 radical (unpaired) electrons. The standard InChI is InChI=1S/C9H13NO/c1-9(11)7-5-3-4-6-8-10(9)2/h6,8,11H,4,7H2,1-2H3. The Hall–Kier alpha value is -0.940. The Morgan fingerprint density at radius 1 is 1.55 bits per heavy atom. The molecule has 1 rings (SSSR count). The van der Waals surface area contributed by atoms with Crippen molar-refractivity contribution in [3.8, 4) is 11.8 Å². The zero-order valence-electron chi connectivity index (χ0n) is 6.96. The Morgan fingerprint density at radius 3 is 3.00 bits per heavy atom. The predicted molar refractivity (Wildman–Crippen MR) is 44.5 cm³/mol. The summed E-state index contributed by atoms with van der Waals surface area (Å²) in [6, 6.07) is 0. The first kappa shape index (κ1) is 8.16. The van der Waals surface area contributed by atoms with Crippen LogP contribution in [0.15, 0.2) is 12.3 Å². The van der Waals surface area contributed by atoms with E-state index in [4.69, 9.17) is 0 Å². The lowest BCUT2D eigenvalue weighted by atomic mass is 10.1. The number of allylic oxidation sites excluding steroid dienone is 1. The summed E-state index contributed by atoms with van der Waals surface area (Å²) in [7, 11) is 1.85. The van der Waals surface area contributed by atoms with Gasteiger partial charge in [-0.15, -0.1) is 0 Å². The normalized spacial score (nSPS) is 30.3. The van der Waals surface area contributed by atoms with Crippen molar-refractivity contribution in [3.63, 3.8) is 0 Å². The lowest BCUT2D eigenvalue weighted by Gasteiger charge is -2.31. The highest BCUT2D eigenvalue weighted by Crippen LogP contribution is 2.14. The van der Waals surface area contributed by atoms with Crippen LogP contribution in [-0.4, -0.2) is 22.8 Å². The maximum absolute atomic E-state index is 9.72. The van der Waals surface area contributed by atoms with E-state index >= 15 is 0 Å². The van der Waals surface area contributed by atoms with Crippen molar-refractivity contribution in [2.75, 3.05) is 7.05 Å². The van der Waals surface area contributed by atoms with Crippen molar-refractivity contribution >= 4 is 0 Å². The van der Waals surface area contributed by atoms with Gasteiger partial charge in [0.1, 0.15) is 5.72 Å². The summed E-state index contributed by atoms with van der Waals surface area (Å²) in [5, 5.41) is 9.72. The molecule has 0 aromatic heterocycles. The number of aliphatic hydroxyl groups is 1. The number of hydrogen-bond donors (Lipinski definition) is 1. The van der Waals surface area contributed by atoms with Crippen molar-refractivity contribution in [1.82, 2.24) is 4.90 Å². The van der Waals surface area contributed by atoms with E-state index in [1.165, 1.54) is 0 Å². The van der Waals surface area contributed by atoms with E-state index in [1.54, 1.807) is 11.8 Å². The maximum atomic E-state index is 9.72. The highest BCUT2D eigenvalue weighted by Gasteiger charge is 2.22. The van der Waals surface area contributed by atoms with Gasteiger partial charge in [-0.3, -0.25) is 0 Å². The van der Waals surface area contributed by atoms with Crippen molar-refractivity contribution in [2.45, 2.75) is 25.5 Å². The van der Waals surface area contributed by atoms with Gasteiger partial charge in [-0.2, -0.15) is 0 Å². The molecule has 2 heteroatoms. The third-order valence-corrected chi connectivity index (χ3v) is 1.86. The molecule has 0 fully saturated rings. The van der Waals surface area contributed by atoms with E-state index in [-0.39, 0.29) is 0 Å².